The molecule has 2 atom stereocenters. The standard InChI is InChI=1S/C32H54O3/c1-22(2)14-11-15-23(3)16-12-17-24(4)18-13-19-25(5)20-21-30-28(8)31(35-29(9)33)26(6)27(7)32(30)34-10/h20,22-24H,11-19,21H2,1-10H3/b25-20+. The van der Waals surface area contributed by atoms with Gasteiger partial charge in [0.25, 0.3) is 0 Å². The minimum Gasteiger partial charge on any atom is -0.496 e. The van der Waals surface area contributed by atoms with Gasteiger partial charge >= 0.3 is 5.97 Å². The highest BCUT2D eigenvalue weighted by molar-refractivity contribution is 5.72. The minimum absolute atomic E-state index is 0.284. The molecule has 0 aliphatic heterocycles. The number of rotatable bonds is 16. The molecule has 3 heteroatoms. The summed E-state index contributed by atoms with van der Waals surface area (Å²) in [5, 5.41) is 0. The highest BCUT2D eigenvalue weighted by Gasteiger charge is 2.19. The number of hydrogen-bond acceptors (Lipinski definition) is 3. The van der Waals surface area contributed by atoms with Gasteiger partial charge in [-0.2, -0.15) is 0 Å². The van der Waals surface area contributed by atoms with Gasteiger partial charge in [-0.25, -0.2) is 0 Å². The fraction of sp³-hybridized carbons (Fsp3) is 0.719. The molecule has 0 aliphatic carbocycles. The van der Waals surface area contributed by atoms with Crippen molar-refractivity contribution in [2.75, 3.05) is 7.11 Å². The SMILES string of the molecule is COc1c(C)c(C)c(OC(C)=O)c(C)c1C/C=C(\C)CCCC(C)CCCC(C)CCCC(C)C. The number of esters is 1. The first kappa shape index (κ1) is 31.3. The van der Waals surface area contributed by atoms with Crippen LogP contribution in [0.25, 0.3) is 0 Å². The molecule has 1 aromatic rings. The van der Waals surface area contributed by atoms with Crippen molar-refractivity contribution in [1.82, 2.24) is 0 Å². The highest BCUT2D eigenvalue weighted by Crippen LogP contribution is 2.38. The van der Waals surface area contributed by atoms with E-state index in [2.05, 4.69) is 40.7 Å². The van der Waals surface area contributed by atoms with Crippen LogP contribution in [0.2, 0.25) is 0 Å². The molecule has 0 N–H and O–H groups in total. The molecule has 0 heterocycles. The van der Waals surface area contributed by atoms with Gasteiger partial charge in [0.2, 0.25) is 0 Å². The van der Waals surface area contributed by atoms with Crippen molar-refractivity contribution in [2.24, 2.45) is 17.8 Å². The Balaban J connectivity index is 2.55. The molecule has 0 aromatic heterocycles. The van der Waals surface area contributed by atoms with Crippen LogP contribution in [0.4, 0.5) is 0 Å². The quantitative estimate of drug-likeness (QED) is 0.133. The lowest BCUT2D eigenvalue weighted by Crippen LogP contribution is -2.09. The van der Waals surface area contributed by atoms with E-state index in [-0.39, 0.29) is 5.97 Å². The lowest BCUT2D eigenvalue weighted by Gasteiger charge is -2.20. The normalized spacial score (nSPS) is 13.7. The molecule has 200 valence electrons. The molecular weight excluding hydrogens is 432 g/mol. The third-order valence-corrected chi connectivity index (χ3v) is 7.56. The minimum atomic E-state index is -0.284. The Morgan fingerprint density at radius 2 is 1.29 bits per heavy atom. The Bertz CT molecular complexity index is 819. The van der Waals surface area contributed by atoms with E-state index >= 15 is 0 Å². The van der Waals surface area contributed by atoms with Crippen LogP contribution in [0.15, 0.2) is 11.6 Å². The summed E-state index contributed by atoms with van der Waals surface area (Å²) in [5.41, 5.74) is 5.54. The van der Waals surface area contributed by atoms with Crippen molar-refractivity contribution in [3.8, 4) is 11.5 Å². The Kier molecular flexibility index (Phi) is 14.4. The smallest absolute Gasteiger partial charge is 0.308 e. The summed E-state index contributed by atoms with van der Waals surface area (Å²) >= 11 is 0. The number of carbonyl (C=O) groups excluding carboxylic acids is 1. The molecule has 3 nitrogen and oxygen atoms in total. The van der Waals surface area contributed by atoms with Gasteiger partial charge in [0, 0.05) is 12.5 Å². The molecule has 1 rings (SSSR count). The van der Waals surface area contributed by atoms with Crippen molar-refractivity contribution in [3.05, 3.63) is 33.9 Å². The number of benzene rings is 1. The van der Waals surface area contributed by atoms with E-state index in [4.69, 9.17) is 9.47 Å². The fourth-order valence-corrected chi connectivity index (χ4v) is 5.06. The van der Waals surface area contributed by atoms with Gasteiger partial charge in [0.15, 0.2) is 0 Å². The zero-order chi connectivity index (χ0) is 26.5. The molecule has 2 unspecified atom stereocenters. The topological polar surface area (TPSA) is 35.5 Å². The van der Waals surface area contributed by atoms with Crippen LogP contribution < -0.4 is 9.47 Å². The number of carbonyl (C=O) groups is 1. The summed E-state index contributed by atoms with van der Waals surface area (Å²) in [7, 11) is 1.72. The second-order valence-electron chi connectivity index (χ2n) is 11.4. The van der Waals surface area contributed by atoms with Crippen LogP contribution in [0.3, 0.4) is 0 Å². The predicted octanol–water partition coefficient (Wildman–Crippen LogP) is 9.47. The maximum Gasteiger partial charge on any atom is 0.308 e. The van der Waals surface area contributed by atoms with Gasteiger partial charge in [0.05, 0.1) is 7.11 Å². The summed E-state index contributed by atoms with van der Waals surface area (Å²) in [5.74, 6) is 3.82. The predicted molar refractivity (Wildman–Crippen MR) is 151 cm³/mol. The first-order chi connectivity index (χ1) is 16.5. The van der Waals surface area contributed by atoms with E-state index in [0.29, 0.717) is 5.75 Å². The number of ether oxygens (including phenoxy) is 2. The summed E-state index contributed by atoms with van der Waals surface area (Å²) in [4.78, 5) is 11.6. The van der Waals surface area contributed by atoms with Crippen LogP contribution in [-0.4, -0.2) is 13.1 Å². The number of allylic oxidation sites excluding steroid dienone is 2. The highest BCUT2D eigenvalue weighted by atomic mass is 16.5. The largest absolute Gasteiger partial charge is 0.496 e. The molecule has 0 bridgehead atoms. The van der Waals surface area contributed by atoms with Crippen molar-refractivity contribution < 1.29 is 14.3 Å². The van der Waals surface area contributed by atoms with Crippen molar-refractivity contribution in [1.29, 1.82) is 0 Å². The van der Waals surface area contributed by atoms with Gasteiger partial charge in [-0.3, -0.25) is 4.79 Å². The summed E-state index contributed by atoms with van der Waals surface area (Å²) in [6.45, 7) is 19.2. The Hall–Kier alpha value is -1.77. The summed E-state index contributed by atoms with van der Waals surface area (Å²) in [6.07, 6.45) is 15.1. The van der Waals surface area contributed by atoms with Gasteiger partial charge < -0.3 is 9.47 Å². The molecule has 1 aromatic carbocycles. The van der Waals surface area contributed by atoms with Crippen LogP contribution in [-0.2, 0) is 11.2 Å². The molecule has 0 saturated carbocycles. The summed E-state index contributed by atoms with van der Waals surface area (Å²) in [6, 6.07) is 0. The fourth-order valence-electron chi connectivity index (χ4n) is 5.06. The molecule has 0 aliphatic rings. The maximum absolute atomic E-state index is 11.6. The third-order valence-electron chi connectivity index (χ3n) is 7.56. The lowest BCUT2D eigenvalue weighted by molar-refractivity contribution is -0.131. The third kappa shape index (κ3) is 11.2. The maximum atomic E-state index is 11.6. The van der Waals surface area contributed by atoms with Gasteiger partial charge in [-0.15, -0.1) is 0 Å². The van der Waals surface area contributed by atoms with Crippen LogP contribution in [0.5, 0.6) is 11.5 Å². The second kappa shape index (κ2) is 16.1. The van der Waals surface area contributed by atoms with Gasteiger partial charge in [0.1, 0.15) is 11.5 Å². The van der Waals surface area contributed by atoms with Crippen molar-refractivity contribution >= 4 is 5.97 Å². The van der Waals surface area contributed by atoms with Crippen LogP contribution >= 0.6 is 0 Å². The first-order valence-electron chi connectivity index (χ1n) is 14.0. The number of hydrogen-bond donors (Lipinski definition) is 0. The van der Waals surface area contributed by atoms with E-state index in [0.717, 1.165) is 58.6 Å². The Morgan fingerprint density at radius 1 is 0.771 bits per heavy atom. The number of methoxy groups -OCH3 is 1. The van der Waals surface area contributed by atoms with Gasteiger partial charge in [-0.1, -0.05) is 84.3 Å². The van der Waals surface area contributed by atoms with E-state index < -0.39 is 0 Å². The van der Waals surface area contributed by atoms with E-state index in [9.17, 15) is 4.79 Å². The average Bonchev–Trinajstić information content (AvgIpc) is 2.77. The van der Waals surface area contributed by atoms with E-state index in [1.54, 1.807) is 7.11 Å². The second-order valence-corrected chi connectivity index (χ2v) is 11.4. The zero-order valence-electron chi connectivity index (χ0n) is 24.6. The van der Waals surface area contributed by atoms with Crippen molar-refractivity contribution in [2.45, 2.75) is 127 Å². The lowest BCUT2D eigenvalue weighted by atomic mass is 9.91. The van der Waals surface area contributed by atoms with Crippen LogP contribution in [0.1, 0.15) is 122 Å². The molecule has 0 radical (unpaired) electrons. The molecule has 35 heavy (non-hydrogen) atoms. The average molecular weight is 487 g/mol. The van der Waals surface area contributed by atoms with E-state index in [1.165, 1.54) is 63.9 Å². The Morgan fingerprint density at radius 3 is 1.80 bits per heavy atom. The van der Waals surface area contributed by atoms with Crippen LogP contribution in [0, 0.1) is 38.5 Å². The molecule has 0 fully saturated rings. The summed E-state index contributed by atoms with van der Waals surface area (Å²) < 4.78 is 11.3. The molecular formula is C32H54O3. The zero-order valence-corrected chi connectivity index (χ0v) is 24.6. The van der Waals surface area contributed by atoms with E-state index in [1.807, 2.05) is 20.8 Å². The van der Waals surface area contributed by atoms with Crippen molar-refractivity contribution in [3.63, 3.8) is 0 Å². The molecule has 0 saturated heterocycles. The Labute approximate surface area is 217 Å². The monoisotopic (exact) mass is 486 g/mol. The van der Waals surface area contributed by atoms with Gasteiger partial charge in [-0.05, 0) is 81.4 Å². The first-order valence-corrected chi connectivity index (χ1v) is 14.0. The molecule has 0 spiro atoms. The molecule has 0 amide bonds.